The molecule has 1 aliphatic carbocycles. The van der Waals surface area contributed by atoms with Crippen molar-refractivity contribution in [2.24, 2.45) is 0 Å². The van der Waals surface area contributed by atoms with Crippen LogP contribution in [0.4, 0.5) is 0 Å². The molecule has 1 aliphatic rings. The Balaban J connectivity index is 2.04. The second-order valence-corrected chi connectivity index (χ2v) is 8.22. The second kappa shape index (κ2) is 7.68. The number of hydrogen-bond acceptors (Lipinski definition) is 4. The molecule has 0 bridgehead atoms. The predicted octanol–water partition coefficient (Wildman–Crippen LogP) is 2.71. The molecule has 2 N–H and O–H groups in total. The number of aliphatic hydroxyl groups excluding tert-OH is 1. The van der Waals surface area contributed by atoms with Crippen molar-refractivity contribution in [3.8, 4) is 11.3 Å². The van der Waals surface area contributed by atoms with Crippen molar-refractivity contribution in [2.45, 2.75) is 56.0 Å². The summed E-state index contributed by atoms with van der Waals surface area (Å²) in [5.41, 5.74) is 1.24. The van der Waals surface area contributed by atoms with Crippen LogP contribution in [-0.4, -0.2) is 36.0 Å². The van der Waals surface area contributed by atoms with Gasteiger partial charge in [0.25, 0.3) is 0 Å². The van der Waals surface area contributed by atoms with E-state index in [9.17, 15) is 13.5 Å². The molecule has 0 spiro atoms. The third-order valence-corrected chi connectivity index (χ3v) is 6.29. The Labute approximate surface area is 148 Å². The molecule has 1 aromatic carbocycles. The zero-order chi connectivity index (χ0) is 17.9. The van der Waals surface area contributed by atoms with E-state index in [1.807, 2.05) is 41.9 Å². The Kier molecular flexibility index (Phi) is 5.56. The van der Waals surface area contributed by atoms with Crippen LogP contribution < -0.4 is 4.72 Å². The standard InChI is InChI=1S/C18H25N3O3S/c1-2-15(13-22)20-25(23,24)17-12-21(16-10-6-7-11-16)19-18(17)14-8-4-3-5-9-14/h3-5,8-9,12,15-16,20,22H,2,6-7,10-11,13H2,1H3. The molecule has 1 aromatic heterocycles. The molecule has 0 aliphatic heterocycles. The molecule has 0 radical (unpaired) electrons. The first kappa shape index (κ1) is 18.1. The van der Waals surface area contributed by atoms with Crippen LogP contribution in [0.2, 0.25) is 0 Å². The Morgan fingerprint density at radius 2 is 1.96 bits per heavy atom. The van der Waals surface area contributed by atoms with Crippen molar-refractivity contribution in [1.29, 1.82) is 0 Å². The van der Waals surface area contributed by atoms with Crippen molar-refractivity contribution < 1.29 is 13.5 Å². The summed E-state index contributed by atoms with van der Waals surface area (Å²) >= 11 is 0. The second-order valence-electron chi connectivity index (χ2n) is 6.54. The summed E-state index contributed by atoms with van der Waals surface area (Å²) in [5.74, 6) is 0. The van der Waals surface area contributed by atoms with E-state index in [1.54, 1.807) is 6.20 Å². The molecule has 0 amide bonds. The number of sulfonamides is 1. The van der Waals surface area contributed by atoms with Crippen LogP contribution in [0.25, 0.3) is 11.3 Å². The van der Waals surface area contributed by atoms with E-state index in [2.05, 4.69) is 9.82 Å². The fraction of sp³-hybridized carbons (Fsp3) is 0.500. The van der Waals surface area contributed by atoms with Gasteiger partial charge in [-0.1, -0.05) is 50.1 Å². The van der Waals surface area contributed by atoms with Crippen molar-refractivity contribution >= 4 is 10.0 Å². The molecule has 136 valence electrons. The van der Waals surface area contributed by atoms with Gasteiger partial charge in [0.1, 0.15) is 10.6 Å². The zero-order valence-electron chi connectivity index (χ0n) is 14.4. The first-order valence-electron chi connectivity index (χ1n) is 8.83. The van der Waals surface area contributed by atoms with E-state index in [0.717, 1.165) is 31.2 Å². The summed E-state index contributed by atoms with van der Waals surface area (Å²) in [5, 5.41) is 14.0. The van der Waals surface area contributed by atoms with E-state index in [1.165, 1.54) is 0 Å². The first-order chi connectivity index (χ1) is 12.0. The largest absolute Gasteiger partial charge is 0.395 e. The molecule has 7 heteroatoms. The normalized spacial score (nSPS) is 17.0. The van der Waals surface area contributed by atoms with Crippen molar-refractivity contribution in [3.05, 3.63) is 36.5 Å². The SMILES string of the molecule is CCC(CO)NS(=O)(=O)c1cn(C2CCCC2)nc1-c1ccccc1. The summed E-state index contributed by atoms with van der Waals surface area (Å²) < 4.78 is 30.2. The molecule has 0 saturated heterocycles. The number of aliphatic hydroxyl groups is 1. The fourth-order valence-electron chi connectivity index (χ4n) is 3.26. The van der Waals surface area contributed by atoms with Crippen LogP contribution in [0, 0.1) is 0 Å². The van der Waals surface area contributed by atoms with Gasteiger partial charge in [-0.3, -0.25) is 4.68 Å². The van der Waals surface area contributed by atoms with E-state index >= 15 is 0 Å². The average molecular weight is 363 g/mol. The predicted molar refractivity (Wildman–Crippen MR) is 96.7 cm³/mol. The molecule has 1 fully saturated rings. The summed E-state index contributed by atoms with van der Waals surface area (Å²) in [6, 6.07) is 9.12. The highest BCUT2D eigenvalue weighted by Gasteiger charge is 2.28. The highest BCUT2D eigenvalue weighted by molar-refractivity contribution is 7.89. The Hall–Kier alpha value is -1.70. The highest BCUT2D eigenvalue weighted by Crippen LogP contribution is 2.33. The highest BCUT2D eigenvalue weighted by atomic mass is 32.2. The number of hydrogen-bond donors (Lipinski definition) is 2. The minimum Gasteiger partial charge on any atom is -0.395 e. The third-order valence-electron chi connectivity index (χ3n) is 4.77. The van der Waals surface area contributed by atoms with Gasteiger partial charge >= 0.3 is 0 Å². The monoisotopic (exact) mass is 363 g/mol. The lowest BCUT2D eigenvalue weighted by atomic mass is 10.2. The molecule has 25 heavy (non-hydrogen) atoms. The minimum absolute atomic E-state index is 0.178. The van der Waals surface area contributed by atoms with Gasteiger partial charge in [0.05, 0.1) is 12.6 Å². The Morgan fingerprint density at radius 1 is 1.28 bits per heavy atom. The van der Waals surface area contributed by atoms with Crippen LogP contribution in [0.5, 0.6) is 0 Å². The van der Waals surface area contributed by atoms with Gasteiger partial charge in [0, 0.05) is 17.8 Å². The maximum absolute atomic E-state index is 12.9. The zero-order valence-corrected chi connectivity index (χ0v) is 15.2. The summed E-state index contributed by atoms with van der Waals surface area (Å²) in [7, 11) is -3.76. The topological polar surface area (TPSA) is 84.2 Å². The van der Waals surface area contributed by atoms with Crippen LogP contribution in [0.3, 0.4) is 0 Å². The maximum atomic E-state index is 12.9. The van der Waals surface area contributed by atoms with Crippen LogP contribution in [0.15, 0.2) is 41.4 Å². The van der Waals surface area contributed by atoms with Crippen molar-refractivity contribution in [1.82, 2.24) is 14.5 Å². The van der Waals surface area contributed by atoms with Gasteiger partial charge in [-0.05, 0) is 19.3 Å². The fourth-order valence-corrected chi connectivity index (χ4v) is 4.72. The third kappa shape index (κ3) is 3.94. The van der Waals surface area contributed by atoms with Gasteiger partial charge in [-0.2, -0.15) is 5.10 Å². The molecule has 6 nitrogen and oxygen atoms in total. The first-order valence-corrected chi connectivity index (χ1v) is 10.3. The molecule has 1 unspecified atom stereocenters. The lowest BCUT2D eigenvalue weighted by Crippen LogP contribution is -2.37. The minimum atomic E-state index is -3.76. The average Bonchev–Trinajstić information content (AvgIpc) is 3.29. The molecule has 1 heterocycles. The van der Waals surface area contributed by atoms with Gasteiger partial charge in [0.2, 0.25) is 10.0 Å². The summed E-state index contributed by atoms with van der Waals surface area (Å²) in [6.07, 6.45) is 6.51. The van der Waals surface area contributed by atoms with Crippen LogP contribution in [0.1, 0.15) is 45.1 Å². The van der Waals surface area contributed by atoms with Crippen molar-refractivity contribution in [3.63, 3.8) is 0 Å². The molecule has 1 saturated carbocycles. The maximum Gasteiger partial charge on any atom is 0.244 e. The van der Waals surface area contributed by atoms with Crippen LogP contribution >= 0.6 is 0 Å². The lowest BCUT2D eigenvalue weighted by molar-refractivity contribution is 0.254. The smallest absolute Gasteiger partial charge is 0.244 e. The van der Waals surface area contributed by atoms with E-state index < -0.39 is 16.1 Å². The van der Waals surface area contributed by atoms with Gasteiger partial charge in [0.15, 0.2) is 0 Å². The molecule has 1 atom stereocenters. The number of aromatic nitrogens is 2. The van der Waals surface area contributed by atoms with E-state index in [0.29, 0.717) is 12.1 Å². The number of nitrogens with zero attached hydrogens (tertiary/aromatic N) is 2. The van der Waals surface area contributed by atoms with Crippen LogP contribution in [-0.2, 0) is 10.0 Å². The Morgan fingerprint density at radius 3 is 2.56 bits per heavy atom. The van der Waals surface area contributed by atoms with Gasteiger partial charge < -0.3 is 5.11 Å². The van der Waals surface area contributed by atoms with Crippen molar-refractivity contribution in [2.75, 3.05) is 6.61 Å². The molecular formula is C18H25N3O3S. The number of benzene rings is 1. The lowest BCUT2D eigenvalue weighted by Gasteiger charge is -2.14. The quantitative estimate of drug-likeness (QED) is 0.792. The summed E-state index contributed by atoms with van der Waals surface area (Å²) in [6.45, 7) is 1.61. The number of rotatable bonds is 7. The Bertz CT molecular complexity index is 792. The van der Waals surface area contributed by atoms with E-state index in [-0.39, 0.29) is 17.5 Å². The molecule has 3 rings (SSSR count). The van der Waals surface area contributed by atoms with Gasteiger partial charge in [-0.25, -0.2) is 13.1 Å². The van der Waals surface area contributed by atoms with E-state index in [4.69, 9.17) is 0 Å². The number of nitrogens with one attached hydrogen (secondary N) is 1. The molecular weight excluding hydrogens is 338 g/mol. The van der Waals surface area contributed by atoms with Gasteiger partial charge in [-0.15, -0.1) is 0 Å². The molecule has 2 aromatic rings. The summed E-state index contributed by atoms with van der Waals surface area (Å²) in [4.78, 5) is 0.178.